The minimum absolute atomic E-state index is 0.606. The average Bonchev–Trinajstić information content (AvgIpc) is 2.35. The second kappa shape index (κ2) is 5.51. The molecule has 3 heteroatoms. The van der Waals surface area contributed by atoms with Gasteiger partial charge in [0.05, 0.1) is 6.07 Å². The quantitative estimate of drug-likeness (QED) is 0.861. The molecule has 1 aromatic carbocycles. The van der Waals surface area contributed by atoms with Crippen molar-refractivity contribution in [3.8, 4) is 6.07 Å². The van der Waals surface area contributed by atoms with E-state index >= 15 is 0 Å². The van der Waals surface area contributed by atoms with E-state index in [4.69, 9.17) is 0 Å². The fraction of sp³-hybridized carbons (Fsp3) is 0.533. The van der Waals surface area contributed by atoms with Crippen LogP contribution in [0.5, 0.6) is 0 Å². The first-order valence-corrected chi connectivity index (χ1v) is 6.58. The predicted octanol–water partition coefficient (Wildman–Crippen LogP) is 2.11. The van der Waals surface area contributed by atoms with Crippen LogP contribution in [0.15, 0.2) is 30.3 Å². The van der Waals surface area contributed by atoms with E-state index in [0.717, 1.165) is 12.1 Å². The summed E-state index contributed by atoms with van der Waals surface area (Å²) in [4.78, 5) is 2.32. The number of nitrogens with one attached hydrogen (secondary N) is 1. The molecule has 2 rings (SSSR count). The van der Waals surface area contributed by atoms with Crippen molar-refractivity contribution in [2.45, 2.75) is 30.8 Å². The highest BCUT2D eigenvalue weighted by atomic mass is 15.2. The van der Waals surface area contributed by atoms with E-state index in [1.807, 2.05) is 37.4 Å². The zero-order valence-corrected chi connectivity index (χ0v) is 11.2. The Bertz CT molecular complexity index is 419. The van der Waals surface area contributed by atoms with Gasteiger partial charge in [-0.2, -0.15) is 5.26 Å². The summed E-state index contributed by atoms with van der Waals surface area (Å²) < 4.78 is 0. The Hall–Kier alpha value is -1.37. The van der Waals surface area contributed by atoms with Crippen LogP contribution in [0.3, 0.4) is 0 Å². The first-order chi connectivity index (χ1) is 8.72. The molecule has 1 unspecified atom stereocenters. The van der Waals surface area contributed by atoms with Crippen LogP contribution in [0.1, 0.15) is 24.8 Å². The molecule has 1 aliphatic rings. The third-order valence-electron chi connectivity index (χ3n) is 4.07. The van der Waals surface area contributed by atoms with Crippen LogP contribution in [0, 0.1) is 11.3 Å². The van der Waals surface area contributed by atoms with Gasteiger partial charge in [0.1, 0.15) is 5.54 Å². The molecule has 96 valence electrons. The van der Waals surface area contributed by atoms with Crippen LogP contribution >= 0.6 is 0 Å². The lowest BCUT2D eigenvalue weighted by Gasteiger charge is -2.39. The van der Waals surface area contributed by atoms with Gasteiger partial charge in [0, 0.05) is 12.6 Å². The minimum atomic E-state index is -0.606. The SMILES string of the molecule is CNC(C#N)(CN(C)C1CCC1)c1ccccc1. The van der Waals surface area contributed by atoms with E-state index in [1.54, 1.807) is 0 Å². The molecule has 1 fully saturated rings. The number of nitrogens with zero attached hydrogens (tertiary/aromatic N) is 2. The molecule has 1 saturated carbocycles. The van der Waals surface area contributed by atoms with Gasteiger partial charge >= 0.3 is 0 Å². The molecule has 0 amide bonds. The zero-order chi connectivity index (χ0) is 13.0. The van der Waals surface area contributed by atoms with Gasteiger partial charge in [0.25, 0.3) is 0 Å². The maximum absolute atomic E-state index is 9.61. The van der Waals surface area contributed by atoms with Gasteiger partial charge in [-0.15, -0.1) is 0 Å². The second-order valence-corrected chi connectivity index (χ2v) is 5.13. The highest BCUT2D eigenvalue weighted by Gasteiger charge is 2.34. The molecule has 1 atom stereocenters. The first kappa shape index (κ1) is 13.1. The summed E-state index contributed by atoms with van der Waals surface area (Å²) in [6.45, 7) is 0.731. The number of nitriles is 1. The van der Waals surface area contributed by atoms with Crippen molar-refractivity contribution in [3.05, 3.63) is 35.9 Å². The van der Waals surface area contributed by atoms with Gasteiger partial charge in [0.2, 0.25) is 0 Å². The monoisotopic (exact) mass is 243 g/mol. The smallest absolute Gasteiger partial charge is 0.144 e. The molecule has 1 aliphatic carbocycles. The molecule has 0 aliphatic heterocycles. The van der Waals surface area contributed by atoms with Crippen molar-refractivity contribution >= 4 is 0 Å². The van der Waals surface area contributed by atoms with Gasteiger partial charge in [-0.3, -0.25) is 5.32 Å². The topological polar surface area (TPSA) is 39.1 Å². The first-order valence-electron chi connectivity index (χ1n) is 6.58. The summed E-state index contributed by atoms with van der Waals surface area (Å²) in [7, 11) is 3.99. The zero-order valence-electron chi connectivity index (χ0n) is 11.2. The normalized spacial score (nSPS) is 19.0. The molecule has 0 saturated heterocycles. The maximum Gasteiger partial charge on any atom is 0.144 e. The third-order valence-corrected chi connectivity index (χ3v) is 4.07. The van der Waals surface area contributed by atoms with Crippen molar-refractivity contribution in [2.75, 3.05) is 20.6 Å². The fourth-order valence-electron chi connectivity index (χ4n) is 2.52. The number of rotatable bonds is 5. The number of hydrogen-bond donors (Lipinski definition) is 1. The molecular weight excluding hydrogens is 222 g/mol. The summed E-state index contributed by atoms with van der Waals surface area (Å²) in [5, 5.41) is 12.8. The number of benzene rings is 1. The summed E-state index contributed by atoms with van der Waals surface area (Å²) >= 11 is 0. The highest BCUT2D eigenvalue weighted by molar-refractivity contribution is 5.32. The van der Waals surface area contributed by atoms with Crippen LogP contribution < -0.4 is 5.32 Å². The molecule has 0 spiro atoms. The molecule has 1 aromatic rings. The summed E-state index contributed by atoms with van der Waals surface area (Å²) in [6, 6.07) is 13.1. The Morgan fingerprint density at radius 2 is 2.06 bits per heavy atom. The van der Waals surface area contributed by atoms with E-state index in [0.29, 0.717) is 6.04 Å². The Kier molecular flexibility index (Phi) is 4.00. The summed E-state index contributed by atoms with van der Waals surface area (Å²) in [5.41, 5.74) is 0.437. The van der Waals surface area contributed by atoms with Crippen molar-refractivity contribution in [1.82, 2.24) is 10.2 Å². The fourth-order valence-corrected chi connectivity index (χ4v) is 2.52. The lowest BCUT2D eigenvalue weighted by atomic mass is 9.87. The summed E-state index contributed by atoms with van der Waals surface area (Å²) in [5.74, 6) is 0. The van der Waals surface area contributed by atoms with Crippen LogP contribution in [0.25, 0.3) is 0 Å². The molecule has 0 heterocycles. The lowest BCUT2D eigenvalue weighted by molar-refractivity contribution is 0.131. The standard InChI is InChI=1S/C15H21N3/c1-17-15(11-16,13-7-4-3-5-8-13)12-18(2)14-9-6-10-14/h3-5,7-8,14,17H,6,9-10,12H2,1-2H3. The van der Waals surface area contributed by atoms with E-state index in [1.165, 1.54) is 19.3 Å². The highest BCUT2D eigenvalue weighted by Crippen LogP contribution is 2.28. The van der Waals surface area contributed by atoms with Crippen molar-refractivity contribution in [1.29, 1.82) is 5.26 Å². The largest absolute Gasteiger partial charge is 0.300 e. The number of likely N-dealkylation sites (N-methyl/N-ethyl adjacent to an activating group) is 2. The molecule has 1 N–H and O–H groups in total. The van der Waals surface area contributed by atoms with Crippen molar-refractivity contribution in [2.24, 2.45) is 0 Å². The molecule has 0 aromatic heterocycles. The third kappa shape index (κ3) is 2.40. The van der Waals surface area contributed by atoms with Crippen LogP contribution in [-0.4, -0.2) is 31.6 Å². The molecular formula is C15H21N3. The number of hydrogen-bond acceptors (Lipinski definition) is 3. The molecule has 18 heavy (non-hydrogen) atoms. The Labute approximate surface area is 109 Å². The van der Waals surface area contributed by atoms with Gasteiger partial charge in [-0.05, 0) is 32.5 Å². The Balaban J connectivity index is 2.19. The average molecular weight is 243 g/mol. The Morgan fingerprint density at radius 1 is 1.39 bits per heavy atom. The van der Waals surface area contributed by atoms with Gasteiger partial charge < -0.3 is 4.90 Å². The van der Waals surface area contributed by atoms with E-state index in [9.17, 15) is 5.26 Å². The molecule has 3 nitrogen and oxygen atoms in total. The second-order valence-electron chi connectivity index (χ2n) is 5.13. The van der Waals surface area contributed by atoms with E-state index in [-0.39, 0.29) is 0 Å². The van der Waals surface area contributed by atoms with Crippen molar-refractivity contribution < 1.29 is 0 Å². The minimum Gasteiger partial charge on any atom is -0.300 e. The predicted molar refractivity (Wildman–Crippen MR) is 73.1 cm³/mol. The van der Waals surface area contributed by atoms with Gasteiger partial charge in [0.15, 0.2) is 0 Å². The Morgan fingerprint density at radius 3 is 2.50 bits per heavy atom. The van der Waals surface area contributed by atoms with Crippen LogP contribution in [0.2, 0.25) is 0 Å². The van der Waals surface area contributed by atoms with Gasteiger partial charge in [-0.25, -0.2) is 0 Å². The maximum atomic E-state index is 9.61. The van der Waals surface area contributed by atoms with E-state index < -0.39 is 5.54 Å². The lowest BCUT2D eigenvalue weighted by Crippen LogP contribution is -2.51. The van der Waals surface area contributed by atoms with Crippen molar-refractivity contribution in [3.63, 3.8) is 0 Å². The molecule has 0 radical (unpaired) electrons. The molecule has 0 bridgehead atoms. The van der Waals surface area contributed by atoms with Gasteiger partial charge in [-0.1, -0.05) is 36.8 Å². The van der Waals surface area contributed by atoms with Crippen LogP contribution in [0.4, 0.5) is 0 Å². The summed E-state index contributed by atoms with van der Waals surface area (Å²) in [6.07, 6.45) is 3.84. The van der Waals surface area contributed by atoms with Crippen LogP contribution in [-0.2, 0) is 5.54 Å². The van der Waals surface area contributed by atoms with E-state index in [2.05, 4.69) is 23.3 Å².